The topological polar surface area (TPSA) is 74.6 Å². The molecule has 27 heavy (non-hydrogen) atoms. The summed E-state index contributed by atoms with van der Waals surface area (Å²) in [4.78, 5) is 12.4. The molecular weight excluding hydrogens is 346 g/mol. The van der Waals surface area contributed by atoms with Gasteiger partial charge in [0.1, 0.15) is 5.82 Å². The number of amides is 1. The number of hydrogen-bond acceptors (Lipinski definition) is 5. The summed E-state index contributed by atoms with van der Waals surface area (Å²) in [6.45, 7) is 0. The maximum Gasteiger partial charge on any atom is 0.249 e. The molecule has 1 aliphatic rings. The summed E-state index contributed by atoms with van der Waals surface area (Å²) in [6.07, 6.45) is 9.52. The molecule has 0 aliphatic heterocycles. The fourth-order valence-corrected chi connectivity index (χ4v) is 3.39. The number of carbonyl (C=O) groups excluding carboxylic acids is 1. The van der Waals surface area contributed by atoms with Crippen LogP contribution in [0.4, 0.5) is 5.82 Å². The molecule has 1 saturated carbocycles. The van der Waals surface area contributed by atoms with Crippen LogP contribution in [0.25, 0.3) is 6.08 Å². The minimum Gasteiger partial charge on any atom is -0.493 e. The summed E-state index contributed by atoms with van der Waals surface area (Å²) >= 11 is 0. The van der Waals surface area contributed by atoms with Crippen molar-refractivity contribution in [1.82, 2.24) is 9.78 Å². The molecule has 1 aliphatic carbocycles. The van der Waals surface area contributed by atoms with Crippen molar-refractivity contribution in [2.45, 2.75) is 31.7 Å². The lowest BCUT2D eigenvalue weighted by molar-refractivity contribution is -0.111. The van der Waals surface area contributed by atoms with Gasteiger partial charge >= 0.3 is 0 Å². The van der Waals surface area contributed by atoms with E-state index in [1.807, 2.05) is 10.7 Å². The molecule has 0 bridgehead atoms. The number of rotatable bonds is 7. The van der Waals surface area contributed by atoms with Gasteiger partial charge in [-0.2, -0.15) is 5.10 Å². The van der Waals surface area contributed by atoms with Crippen LogP contribution in [0.1, 0.15) is 37.3 Å². The zero-order valence-electron chi connectivity index (χ0n) is 15.9. The van der Waals surface area contributed by atoms with Crippen LogP contribution in [0.2, 0.25) is 0 Å². The minimum atomic E-state index is -0.219. The first kappa shape index (κ1) is 18.8. The Bertz CT molecular complexity index is 797. The normalized spacial score (nSPS) is 14.5. The molecule has 0 spiro atoms. The van der Waals surface area contributed by atoms with Gasteiger partial charge in [0.2, 0.25) is 11.7 Å². The number of hydrogen-bond donors (Lipinski definition) is 1. The summed E-state index contributed by atoms with van der Waals surface area (Å²) in [6, 6.07) is 5.76. The van der Waals surface area contributed by atoms with Gasteiger partial charge in [-0.1, -0.05) is 12.8 Å². The maximum absolute atomic E-state index is 12.4. The minimum absolute atomic E-state index is 0.219. The number of nitrogens with zero attached hydrogens (tertiary/aromatic N) is 2. The van der Waals surface area contributed by atoms with E-state index in [-0.39, 0.29) is 5.91 Å². The Kier molecular flexibility index (Phi) is 6.01. The highest BCUT2D eigenvalue weighted by Gasteiger charge is 2.20. The molecule has 1 amide bonds. The summed E-state index contributed by atoms with van der Waals surface area (Å²) in [5, 5.41) is 7.27. The van der Waals surface area contributed by atoms with E-state index >= 15 is 0 Å². The predicted molar refractivity (Wildman–Crippen MR) is 103 cm³/mol. The number of anilines is 1. The molecule has 0 saturated heterocycles. The Hall–Kier alpha value is -2.96. The molecule has 0 atom stereocenters. The quantitative estimate of drug-likeness (QED) is 0.752. The lowest BCUT2D eigenvalue weighted by atomic mass is 10.1. The van der Waals surface area contributed by atoms with Gasteiger partial charge in [-0.05, 0) is 36.6 Å². The first-order chi connectivity index (χ1) is 13.2. The fourth-order valence-electron chi connectivity index (χ4n) is 3.39. The van der Waals surface area contributed by atoms with E-state index in [4.69, 9.17) is 14.2 Å². The molecule has 1 fully saturated rings. The maximum atomic E-state index is 12.4. The molecule has 1 aromatic heterocycles. The van der Waals surface area contributed by atoms with E-state index in [1.54, 1.807) is 45.7 Å². The Morgan fingerprint density at radius 2 is 1.81 bits per heavy atom. The highest BCUT2D eigenvalue weighted by Crippen LogP contribution is 2.38. The summed E-state index contributed by atoms with van der Waals surface area (Å²) < 4.78 is 17.9. The summed E-state index contributed by atoms with van der Waals surface area (Å²) in [5.41, 5.74) is 0.768. The molecule has 1 aromatic carbocycles. The number of aromatic nitrogens is 2. The standard InChI is InChI=1S/C20H25N3O4/c1-25-16-12-14(13-17(26-2)20(16)27-3)8-9-19(24)22-18-10-11-21-23(18)15-6-4-5-7-15/h8-13,15H,4-7H2,1-3H3,(H,22,24). The van der Waals surface area contributed by atoms with Crippen molar-refractivity contribution in [3.05, 3.63) is 36.0 Å². The van der Waals surface area contributed by atoms with Gasteiger partial charge in [0.05, 0.1) is 33.6 Å². The number of methoxy groups -OCH3 is 3. The zero-order valence-corrected chi connectivity index (χ0v) is 15.9. The summed E-state index contributed by atoms with van der Waals surface area (Å²) in [7, 11) is 4.67. The lowest BCUT2D eigenvalue weighted by Crippen LogP contribution is -2.15. The van der Waals surface area contributed by atoms with Crippen LogP contribution in [0, 0.1) is 0 Å². The average molecular weight is 371 g/mol. The van der Waals surface area contributed by atoms with E-state index in [9.17, 15) is 4.79 Å². The highest BCUT2D eigenvalue weighted by molar-refractivity contribution is 6.01. The zero-order chi connectivity index (χ0) is 19.2. The Morgan fingerprint density at radius 1 is 1.15 bits per heavy atom. The van der Waals surface area contributed by atoms with Crippen molar-refractivity contribution < 1.29 is 19.0 Å². The van der Waals surface area contributed by atoms with Crippen LogP contribution in [-0.2, 0) is 4.79 Å². The third kappa shape index (κ3) is 4.24. The van der Waals surface area contributed by atoms with Gasteiger partial charge in [0, 0.05) is 12.1 Å². The molecule has 1 N–H and O–H groups in total. The van der Waals surface area contributed by atoms with E-state index in [0.29, 0.717) is 23.3 Å². The van der Waals surface area contributed by atoms with Gasteiger partial charge in [-0.25, -0.2) is 4.68 Å². The van der Waals surface area contributed by atoms with Crippen molar-refractivity contribution in [1.29, 1.82) is 0 Å². The molecule has 0 unspecified atom stereocenters. The number of nitrogens with one attached hydrogen (secondary N) is 1. The van der Waals surface area contributed by atoms with Gasteiger partial charge in [0.15, 0.2) is 11.5 Å². The van der Waals surface area contributed by atoms with E-state index in [2.05, 4.69) is 10.4 Å². The molecule has 7 nitrogen and oxygen atoms in total. The average Bonchev–Trinajstić information content (AvgIpc) is 3.36. The van der Waals surface area contributed by atoms with Crippen LogP contribution < -0.4 is 19.5 Å². The van der Waals surface area contributed by atoms with E-state index in [1.165, 1.54) is 18.9 Å². The first-order valence-corrected chi connectivity index (χ1v) is 8.99. The number of ether oxygens (including phenoxy) is 3. The third-order valence-corrected chi connectivity index (χ3v) is 4.71. The van der Waals surface area contributed by atoms with Gasteiger partial charge < -0.3 is 19.5 Å². The first-order valence-electron chi connectivity index (χ1n) is 8.99. The van der Waals surface area contributed by atoms with Crippen molar-refractivity contribution in [2.75, 3.05) is 26.6 Å². The second-order valence-corrected chi connectivity index (χ2v) is 6.38. The van der Waals surface area contributed by atoms with Crippen LogP contribution >= 0.6 is 0 Å². The van der Waals surface area contributed by atoms with E-state index in [0.717, 1.165) is 24.2 Å². The predicted octanol–water partition coefficient (Wildman–Crippen LogP) is 3.68. The van der Waals surface area contributed by atoms with E-state index < -0.39 is 0 Å². The number of carbonyl (C=O) groups is 1. The van der Waals surface area contributed by atoms with Crippen LogP contribution in [0.5, 0.6) is 17.2 Å². The fraction of sp³-hybridized carbons (Fsp3) is 0.400. The second kappa shape index (κ2) is 8.62. The van der Waals surface area contributed by atoms with Crippen LogP contribution in [0.15, 0.2) is 30.5 Å². The largest absolute Gasteiger partial charge is 0.493 e. The third-order valence-electron chi connectivity index (χ3n) is 4.71. The molecule has 144 valence electrons. The van der Waals surface area contributed by atoms with Crippen LogP contribution in [-0.4, -0.2) is 37.0 Å². The van der Waals surface area contributed by atoms with Crippen molar-refractivity contribution in [3.8, 4) is 17.2 Å². The molecular formula is C20H25N3O4. The molecule has 1 heterocycles. The second-order valence-electron chi connectivity index (χ2n) is 6.38. The summed E-state index contributed by atoms with van der Waals surface area (Å²) in [5.74, 6) is 2.10. The Morgan fingerprint density at radius 3 is 2.41 bits per heavy atom. The smallest absolute Gasteiger partial charge is 0.249 e. The Balaban J connectivity index is 1.73. The van der Waals surface area contributed by atoms with Gasteiger partial charge in [-0.3, -0.25) is 4.79 Å². The van der Waals surface area contributed by atoms with Crippen molar-refractivity contribution in [3.63, 3.8) is 0 Å². The lowest BCUT2D eigenvalue weighted by Gasteiger charge is -2.14. The SMILES string of the molecule is COc1cc(C=CC(=O)Nc2ccnn2C2CCCC2)cc(OC)c1OC. The van der Waals surface area contributed by atoms with Crippen molar-refractivity contribution in [2.24, 2.45) is 0 Å². The Labute approximate surface area is 158 Å². The monoisotopic (exact) mass is 371 g/mol. The van der Waals surface area contributed by atoms with Gasteiger partial charge in [-0.15, -0.1) is 0 Å². The number of benzene rings is 1. The van der Waals surface area contributed by atoms with Crippen molar-refractivity contribution >= 4 is 17.8 Å². The molecule has 7 heteroatoms. The molecule has 3 rings (SSSR count). The highest BCUT2D eigenvalue weighted by atomic mass is 16.5. The molecule has 0 radical (unpaired) electrons. The van der Waals surface area contributed by atoms with Gasteiger partial charge in [0.25, 0.3) is 0 Å². The molecule has 2 aromatic rings. The van der Waals surface area contributed by atoms with Crippen LogP contribution in [0.3, 0.4) is 0 Å².